The molecule has 1 amide bonds. The van der Waals surface area contributed by atoms with Crippen LogP contribution in [0.3, 0.4) is 0 Å². The molecule has 0 aromatic rings. The minimum Gasteiger partial charge on any atom is -0.355 e. The molecule has 50 valence electrons. The lowest BCUT2D eigenvalue weighted by Crippen LogP contribution is -2.26. The van der Waals surface area contributed by atoms with Crippen LogP contribution in [0.2, 0.25) is 0 Å². The van der Waals surface area contributed by atoms with Crippen molar-refractivity contribution in [2.45, 2.75) is 14.4 Å². The predicted octanol–water partition coefficient (Wildman–Crippen LogP) is -0.283. The number of amides is 1. The molecule has 0 saturated carbocycles. The van der Waals surface area contributed by atoms with E-state index in [2.05, 4.69) is 5.32 Å². The third kappa shape index (κ3) is 9.06. The Kier molecular flexibility index (Phi) is 8.37. The van der Waals surface area contributed by atoms with Gasteiger partial charge in [-0.05, 0) is 0 Å². The maximum Gasteiger partial charge on any atom is 0.216 e. The Hall–Kier alpha value is -0.570. The van der Waals surface area contributed by atoms with E-state index in [1.807, 2.05) is 0 Å². The summed E-state index contributed by atoms with van der Waals surface area (Å²) in [5.74, 6) is -0.0227. The molecule has 0 aliphatic rings. The molecule has 0 radical (unpaired) electrons. The summed E-state index contributed by atoms with van der Waals surface area (Å²) in [6.45, 7) is 2.56. The number of nitrogens with one attached hydrogen (secondary N) is 1. The van der Waals surface area contributed by atoms with Gasteiger partial charge in [-0.2, -0.15) is 0 Å². The average Bonchev–Trinajstić information content (AvgIpc) is 1.61. The van der Waals surface area contributed by atoms with E-state index in [1.165, 1.54) is 6.92 Å². The van der Waals surface area contributed by atoms with E-state index >= 15 is 0 Å². The van der Waals surface area contributed by atoms with Gasteiger partial charge in [0.15, 0.2) is 0 Å². The lowest BCUT2D eigenvalue weighted by molar-refractivity contribution is -0.118. The van der Waals surface area contributed by atoms with Crippen molar-refractivity contribution in [1.82, 2.24) is 5.32 Å². The summed E-state index contributed by atoms with van der Waals surface area (Å²) in [5, 5.41) is 2.53. The molecule has 3 heteroatoms. The molecule has 0 aromatic heterocycles. The molecule has 0 heterocycles. The fraction of sp³-hybridized carbons (Fsp3) is 0.800. The minimum absolute atomic E-state index is 0. The fourth-order valence-corrected chi connectivity index (χ4v) is 0.248. The number of rotatable bonds is 2. The van der Waals surface area contributed by atoms with Gasteiger partial charge in [-0.25, -0.2) is 0 Å². The maximum atomic E-state index is 10.0. The van der Waals surface area contributed by atoms with Gasteiger partial charge in [0.1, 0.15) is 0 Å². The van der Waals surface area contributed by atoms with Crippen LogP contribution in [0.15, 0.2) is 0 Å². The van der Waals surface area contributed by atoms with Crippen molar-refractivity contribution in [3.63, 3.8) is 0 Å². The molecular formula is C5H14N2O. The van der Waals surface area contributed by atoms with Gasteiger partial charge in [-0.15, -0.1) is 0 Å². The van der Waals surface area contributed by atoms with Crippen LogP contribution >= 0.6 is 0 Å². The Balaban J connectivity index is 0. The Morgan fingerprint density at radius 2 is 2.25 bits per heavy atom. The Morgan fingerprint density at radius 3 is 2.38 bits per heavy atom. The fourth-order valence-electron chi connectivity index (χ4n) is 0.248. The molecule has 0 bridgehead atoms. The van der Waals surface area contributed by atoms with Gasteiger partial charge in [0.2, 0.25) is 5.91 Å². The zero-order valence-electron chi connectivity index (χ0n) is 4.40. The molecule has 0 atom stereocenters. The topological polar surface area (TPSA) is 55.1 Å². The third-order valence-electron chi connectivity index (χ3n) is 0.518. The van der Waals surface area contributed by atoms with Crippen molar-refractivity contribution in [2.24, 2.45) is 5.73 Å². The summed E-state index contributed by atoms with van der Waals surface area (Å²) < 4.78 is 0. The van der Waals surface area contributed by atoms with Crippen LogP contribution in [-0.2, 0) is 4.79 Å². The van der Waals surface area contributed by atoms with Crippen LogP contribution in [0.1, 0.15) is 14.4 Å². The maximum absolute atomic E-state index is 10.0. The second-order valence-corrected chi connectivity index (χ2v) is 1.27. The molecular weight excluding hydrogens is 104 g/mol. The van der Waals surface area contributed by atoms with E-state index in [9.17, 15) is 4.79 Å². The number of carbonyl (C=O) groups excluding carboxylic acids is 1. The summed E-state index contributed by atoms with van der Waals surface area (Å²) in [5.41, 5.74) is 5.06. The summed E-state index contributed by atoms with van der Waals surface area (Å²) in [4.78, 5) is 10.0. The van der Waals surface area contributed by atoms with Gasteiger partial charge in [0.05, 0.1) is 0 Å². The van der Waals surface area contributed by atoms with Gasteiger partial charge >= 0.3 is 0 Å². The van der Waals surface area contributed by atoms with E-state index in [0.29, 0.717) is 13.1 Å². The second-order valence-electron chi connectivity index (χ2n) is 1.27. The van der Waals surface area contributed by atoms with Crippen molar-refractivity contribution < 1.29 is 4.79 Å². The smallest absolute Gasteiger partial charge is 0.216 e. The predicted molar refractivity (Wildman–Crippen MR) is 34.5 cm³/mol. The third-order valence-corrected chi connectivity index (χ3v) is 0.518. The summed E-state index contributed by atoms with van der Waals surface area (Å²) in [6.07, 6.45) is 0. The highest BCUT2D eigenvalue weighted by atomic mass is 16.1. The first-order valence-corrected chi connectivity index (χ1v) is 2.22. The van der Waals surface area contributed by atoms with Crippen LogP contribution in [0, 0.1) is 0 Å². The highest BCUT2D eigenvalue weighted by Crippen LogP contribution is 1.54. The lowest BCUT2D eigenvalue weighted by atomic mass is 10.6. The highest BCUT2D eigenvalue weighted by molar-refractivity contribution is 5.72. The number of nitrogens with two attached hydrogens (primary N) is 1. The molecule has 3 N–H and O–H groups in total. The van der Waals surface area contributed by atoms with E-state index in [1.54, 1.807) is 0 Å². The van der Waals surface area contributed by atoms with Gasteiger partial charge in [-0.3, -0.25) is 4.79 Å². The van der Waals surface area contributed by atoms with Crippen LogP contribution < -0.4 is 11.1 Å². The molecule has 0 spiro atoms. The van der Waals surface area contributed by atoms with E-state index in [-0.39, 0.29) is 13.3 Å². The second kappa shape index (κ2) is 6.43. The summed E-state index contributed by atoms with van der Waals surface area (Å²) in [6, 6.07) is 0. The van der Waals surface area contributed by atoms with Crippen LogP contribution in [-0.4, -0.2) is 19.0 Å². The molecule has 3 nitrogen and oxygen atoms in total. The Bertz CT molecular complexity index is 63.4. The summed E-state index contributed by atoms with van der Waals surface area (Å²) in [7, 11) is 0. The van der Waals surface area contributed by atoms with E-state index in [4.69, 9.17) is 5.73 Å². The van der Waals surface area contributed by atoms with Crippen molar-refractivity contribution in [1.29, 1.82) is 0 Å². The monoisotopic (exact) mass is 118 g/mol. The highest BCUT2D eigenvalue weighted by Gasteiger charge is 1.83. The van der Waals surface area contributed by atoms with Gasteiger partial charge < -0.3 is 11.1 Å². The lowest BCUT2D eigenvalue weighted by Gasteiger charge is -1.93. The van der Waals surface area contributed by atoms with Crippen molar-refractivity contribution >= 4 is 5.91 Å². The number of hydrogen-bond donors (Lipinski definition) is 2. The Labute approximate surface area is 50.3 Å². The zero-order valence-corrected chi connectivity index (χ0v) is 4.40. The summed E-state index contributed by atoms with van der Waals surface area (Å²) >= 11 is 0. The Morgan fingerprint density at radius 1 is 1.75 bits per heavy atom. The first kappa shape index (κ1) is 10.4. The minimum atomic E-state index is -0.0227. The standard InChI is InChI=1S/C4H10N2O.CH4/c1-4(7)6-3-2-5;/h2-3,5H2,1H3,(H,6,7);1H4. The molecule has 0 saturated heterocycles. The molecule has 0 unspecified atom stereocenters. The van der Waals surface area contributed by atoms with Crippen LogP contribution in [0.25, 0.3) is 0 Å². The SMILES string of the molecule is C.CC(=O)NCCN. The van der Waals surface area contributed by atoms with Crippen molar-refractivity contribution in [3.05, 3.63) is 0 Å². The van der Waals surface area contributed by atoms with E-state index < -0.39 is 0 Å². The molecule has 0 aliphatic carbocycles. The van der Waals surface area contributed by atoms with E-state index in [0.717, 1.165) is 0 Å². The van der Waals surface area contributed by atoms with Gasteiger partial charge in [0, 0.05) is 20.0 Å². The van der Waals surface area contributed by atoms with Gasteiger partial charge in [0.25, 0.3) is 0 Å². The quantitative estimate of drug-likeness (QED) is 0.524. The van der Waals surface area contributed by atoms with Crippen molar-refractivity contribution in [3.8, 4) is 0 Å². The van der Waals surface area contributed by atoms with Crippen molar-refractivity contribution in [2.75, 3.05) is 13.1 Å². The average molecular weight is 118 g/mol. The molecule has 0 rings (SSSR count). The zero-order chi connectivity index (χ0) is 5.70. The molecule has 8 heavy (non-hydrogen) atoms. The first-order chi connectivity index (χ1) is 3.27. The molecule has 0 fully saturated rings. The number of hydrogen-bond acceptors (Lipinski definition) is 2. The first-order valence-electron chi connectivity index (χ1n) is 2.22. The molecule has 0 aliphatic heterocycles. The van der Waals surface area contributed by atoms with Crippen LogP contribution in [0.5, 0.6) is 0 Å². The number of carbonyl (C=O) groups is 1. The normalized spacial score (nSPS) is 7.25. The van der Waals surface area contributed by atoms with Crippen LogP contribution in [0.4, 0.5) is 0 Å². The largest absolute Gasteiger partial charge is 0.355 e. The molecule has 0 aromatic carbocycles. The van der Waals surface area contributed by atoms with Gasteiger partial charge in [-0.1, -0.05) is 7.43 Å².